The van der Waals surface area contributed by atoms with Crippen LogP contribution in [0.2, 0.25) is 0 Å². The van der Waals surface area contributed by atoms with Crippen molar-refractivity contribution in [3.05, 3.63) is 35.0 Å². The summed E-state index contributed by atoms with van der Waals surface area (Å²) in [5.74, 6) is -0.550. The van der Waals surface area contributed by atoms with Gasteiger partial charge in [0.05, 0.1) is 21.7 Å². The van der Waals surface area contributed by atoms with Crippen LogP contribution >= 0.6 is 11.3 Å². The van der Waals surface area contributed by atoms with Crippen molar-refractivity contribution < 1.29 is 27.4 Å². The molecule has 9 nitrogen and oxygen atoms in total. The summed E-state index contributed by atoms with van der Waals surface area (Å²) in [5.41, 5.74) is 0.723. The fourth-order valence-electron chi connectivity index (χ4n) is 2.34. The fourth-order valence-corrected chi connectivity index (χ4v) is 4.05. The zero-order chi connectivity index (χ0) is 18.7. The van der Waals surface area contributed by atoms with E-state index in [0.717, 1.165) is 5.52 Å². The molecule has 1 amide bonds. The molecule has 3 rings (SSSR count). The van der Waals surface area contributed by atoms with Crippen LogP contribution in [0.25, 0.3) is 10.2 Å². The quantitative estimate of drug-likeness (QED) is 0.772. The van der Waals surface area contributed by atoms with E-state index in [4.69, 9.17) is 19.3 Å². The van der Waals surface area contributed by atoms with Crippen LogP contribution in [0, 0.1) is 0 Å². The van der Waals surface area contributed by atoms with Crippen LogP contribution < -0.4 is 9.94 Å². The van der Waals surface area contributed by atoms with Crippen molar-refractivity contribution in [3.63, 3.8) is 0 Å². The van der Waals surface area contributed by atoms with Crippen molar-refractivity contribution in [3.8, 4) is 0 Å². The number of hydrogen-bond acceptors (Lipinski definition) is 7. The van der Waals surface area contributed by atoms with E-state index < -0.39 is 15.9 Å². The number of amides is 1. The number of nitrogens with two attached hydrogens (primary N) is 1. The van der Waals surface area contributed by atoms with Gasteiger partial charge in [-0.2, -0.15) is 4.99 Å². The van der Waals surface area contributed by atoms with Gasteiger partial charge in [-0.15, -0.1) is 0 Å². The first kappa shape index (κ1) is 18.6. The van der Waals surface area contributed by atoms with E-state index in [1.165, 1.54) is 29.7 Å². The van der Waals surface area contributed by atoms with E-state index in [0.29, 0.717) is 29.3 Å². The number of thiazole rings is 1. The molecule has 0 aliphatic carbocycles. The Kier molecular flexibility index (Phi) is 5.41. The minimum absolute atomic E-state index is 0.00487. The molecule has 2 N–H and O–H groups in total. The molecule has 0 atom stereocenters. The third-order valence-corrected chi connectivity index (χ3v) is 5.51. The largest absolute Gasteiger partial charge is 0.494 e. The molecule has 0 bridgehead atoms. The zero-order valence-electron chi connectivity index (χ0n) is 13.9. The maximum Gasteiger partial charge on any atom is 0.317 e. The van der Waals surface area contributed by atoms with Crippen molar-refractivity contribution in [2.45, 2.75) is 11.4 Å². The molecule has 1 aliphatic rings. The maximum atomic E-state index is 12.3. The number of nitrogens with zero attached hydrogens (tertiary/aromatic N) is 2. The second-order valence-corrected chi connectivity index (χ2v) is 7.89. The number of benzene rings is 1. The molecule has 2 heterocycles. The number of aromatic nitrogens is 1. The maximum absolute atomic E-state index is 12.3. The number of carbonyl (C=O) groups excluding carboxylic acids is 1. The van der Waals surface area contributed by atoms with E-state index in [1.807, 2.05) is 0 Å². The third-order valence-electron chi connectivity index (χ3n) is 3.56. The number of ether oxygens (including phenoxy) is 3. The second-order valence-electron chi connectivity index (χ2n) is 5.32. The summed E-state index contributed by atoms with van der Waals surface area (Å²) in [7, 11) is -2.26. The summed E-state index contributed by atoms with van der Waals surface area (Å²) in [6.45, 7) is 1.49. The molecule has 0 radical (unpaired) electrons. The van der Waals surface area contributed by atoms with Crippen LogP contribution in [0.3, 0.4) is 0 Å². The number of fused-ring (bicyclic) bond motifs is 1. The highest BCUT2D eigenvalue weighted by molar-refractivity contribution is 7.89. The topological polar surface area (TPSA) is 122 Å². The van der Waals surface area contributed by atoms with Crippen molar-refractivity contribution in [2.75, 3.05) is 26.9 Å². The van der Waals surface area contributed by atoms with Crippen molar-refractivity contribution in [1.82, 2.24) is 4.57 Å². The molecule has 11 heteroatoms. The monoisotopic (exact) mass is 399 g/mol. The number of methoxy groups -OCH3 is 1. The van der Waals surface area contributed by atoms with Crippen LogP contribution in [0.5, 0.6) is 0 Å². The first-order chi connectivity index (χ1) is 12.4. The highest BCUT2D eigenvalue weighted by Gasteiger charge is 2.17. The average molecular weight is 399 g/mol. The summed E-state index contributed by atoms with van der Waals surface area (Å²) in [6.07, 6.45) is 1.24. The van der Waals surface area contributed by atoms with E-state index >= 15 is 0 Å². The van der Waals surface area contributed by atoms with Crippen molar-refractivity contribution in [1.29, 1.82) is 0 Å². The molecule has 0 unspecified atom stereocenters. The summed E-state index contributed by atoms with van der Waals surface area (Å²) < 4.78 is 41.0. The Morgan fingerprint density at radius 3 is 2.88 bits per heavy atom. The summed E-state index contributed by atoms with van der Waals surface area (Å²) in [6, 6.07) is 4.51. The predicted molar refractivity (Wildman–Crippen MR) is 93.6 cm³/mol. The Bertz CT molecular complexity index is 1040. The molecule has 1 aromatic heterocycles. The average Bonchev–Trinajstić information content (AvgIpc) is 2.96. The van der Waals surface area contributed by atoms with E-state index in [2.05, 4.69) is 4.99 Å². The number of primary sulfonamides is 1. The van der Waals surface area contributed by atoms with Crippen LogP contribution in [-0.2, 0) is 35.6 Å². The molecule has 0 saturated heterocycles. The Balaban J connectivity index is 2.11. The number of carbonyl (C=O) groups is 1. The molecule has 2 aromatic rings. The number of rotatable bonds is 5. The van der Waals surface area contributed by atoms with Gasteiger partial charge in [0.2, 0.25) is 15.8 Å². The van der Waals surface area contributed by atoms with Gasteiger partial charge in [0, 0.05) is 13.7 Å². The number of sulfonamides is 1. The predicted octanol–water partition coefficient (Wildman–Crippen LogP) is 0.312. The molecular formula is C15H17N3O6S2. The van der Waals surface area contributed by atoms with E-state index in [9.17, 15) is 13.2 Å². The molecule has 140 valence electrons. The molecule has 0 saturated carbocycles. The molecule has 1 aromatic carbocycles. The Morgan fingerprint density at radius 1 is 1.42 bits per heavy atom. The molecule has 0 fully saturated rings. The minimum atomic E-state index is -3.83. The van der Waals surface area contributed by atoms with Gasteiger partial charge in [-0.05, 0) is 18.2 Å². The van der Waals surface area contributed by atoms with Gasteiger partial charge in [-0.1, -0.05) is 11.3 Å². The van der Waals surface area contributed by atoms with Gasteiger partial charge in [-0.3, -0.25) is 4.79 Å². The van der Waals surface area contributed by atoms with Crippen LogP contribution in [0.4, 0.5) is 0 Å². The fraction of sp³-hybridized carbons (Fsp3) is 0.333. The SMILES string of the molecule is COCCn1c(=NC(=O)C2=COCCO2)sc2cc(S(N)(=O)=O)ccc21. The minimum Gasteiger partial charge on any atom is -0.494 e. The second kappa shape index (κ2) is 7.58. The third kappa shape index (κ3) is 3.96. The Morgan fingerprint density at radius 2 is 2.23 bits per heavy atom. The lowest BCUT2D eigenvalue weighted by Gasteiger charge is -2.12. The highest BCUT2D eigenvalue weighted by Crippen LogP contribution is 2.21. The van der Waals surface area contributed by atoms with Crippen LogP contribution in [-0.4, -0.2) is 45.8 Å². The molecule has 26 heavy (non-hydrogen) atoms. The first-order valence-electron chi connectivity index (χ1n) is 7.59. The highest BCUT2D eigenvalue weighted by atomic mass is 32.2. The smallest absolute Gasteiger partial charge is 0.317 e. The van der Waals surface area contributed by atoms with Gasteiger partial charge >= 0.3 is 5.91 Å². The summed E-state index contributed by atoms with van der Waals surface area (Å²) in [5, 5.41) is 5.19. The standard InChI is InChI=1S/C15H17N3O6S2/c1-22-5-4-18-11-3-2-10(26(16,20)21)8-13(11)25-15(18)17-14(19)12-9-23-6-7-24-12/h2-3,8-9H,4-7H2,1H3,(H2,16,20,21). The first-order valence-corrected chi connectivity index (χ1v) is 9.95. The van der Waals surface area contributed by atoms with Gasteiger partial charge < -0.3 is 18.8 Å². The lowest BCUT2D eigenvalue weighted by Crippen LogP contribution is -2.21. The van der Waals surface area contributed by atoms with E-state index in [-0.39, 0.29) is 17.3 Å². The van der Waals surface area contributed by atoms with Crippen molar-refractivity contribution >= 4 is 37.5 Å². The Labute approximate surface area is 153 Å². The Hall–Kier alpha value is -2.21. The van der Waals surface area contributed by atoms with Gasteiger partial charge in [0.1, 0.15) is 19.5 Å². The normalized spacial score (nSPS) is 15.5. The van der Waals surface area contributed by atoms with Gasteiger partial charge in [-0.25, -0.2) is 13.6 Å². The summed E-state index contributed by atoms with van der Waals surface area (Å²) >= 11 is 1.17. The molecular weight excluding hydrogens is 382 g/mol. The molecule has 1 aliphatic heterocycles. The summed E-state index contributed by atoms with van der Waals surface area (Å²) in [4.78, 5) is 16.8. The van der Waals surface area contributed by atoms with Crippen molar-refractivity contribution in [2.24, 2.45) is 10.1 Å². The number of hydrogen-bond donors (Lipinski definition) is 1. The lowest BCUT2D eigenvalue weighted by molar-refractivity contribution is -0.119. The van der Waals surface area contributed by atoms with Gasteiger partial charge in [0.15, 0.2) is 4.80 Å². The van der Waals surface area contributed by atoms with Crippen LogP contribution in [0.1, 0.15) is 0 Å². The van der Waals surface area contributed by atoms with Gasteiger partial charge in [0.25, 0.3) is 0 Å². The molecule has 0 spiro atoms. The zero-order valence-corrected chi connectivity index (χ0v) is 15.5. The lowest BCUT2D eigenvalue weighted by atomic mass is 10.3. The van der Waals surface area contributed by atoms with E-state index in [1.54, 1.807) is 17.7 Å². The van der Waals surface area contributed by atoms with Crippen LogP contribution in [0.15, 0.2) is 40.1 Å².